The molecule has 0 fully saturated rings. The Labute approximate surface area is 148 Å². The van der Waals surface area contributed by atoms with E-state index in [1.807, 2.05) is 54.6 Å². The van der Waals surface area contributed by atoms with E-state index in [0.29, 0.717) is 12.4 Å². The summed E-state index contributed by atoms with van der Waals surface area (Å²) < 4.78 is 0.983. The fourth-order valence-corrected chi connectivity index (χ4v) is 2.46. The molecule has 0 unspecified atom stereocenters. The predicted octanol–water partition coefficient (Wildman–Crippen LogP) is 2.46. The minimum absolute atomic E-state index is 0.0539. The van der Waals surface area contributed by atoms with Gasteiger partial charge in [0.05, 0.1) is 0 Å². The lowest BCUT2D eigenvalue weighted by Gasteiger charge is -2.04. The molecule has 1 N–H and O–H groups in total. The van der Waals surface area contributed by atoms with Crippen molar-refractivity contribution in [1.29, 1.82) is 0 Å². The molecule has 2 aromatic carbocycles. The van der Waals surface area contributed by atoms with E-state index >= 15 is 0 Å². The standard InChI is InChI=1S/C17H16BrN5O/c18-15-8-6-14(7-9-15)17-20-22-23(21-17)12-16(24)19-11-10-13-4-2-1-3-5-13/h1-9H,10-12H2,(H,19,24). The second-order valence-electron chi connectivity index (χ2n) is 5.24. The lowest BCUT2D eigenvalue weighted by molar-refractivity contribution is -0.122. The van der Waals surface area contributed by atoms with E-state index < -0.39 is 0 Å². The Morgan fingerprint density at radius 2 is 1.83 bits per heavy atom. The molecule has 0 saturated carbocycles. The molecule has 0 aliphatic heterocycles. The Bertz CT molecular complexity index is 801. The van der Waals surface area contributed by atoms with Crippen LogP contribution in [0.2, 0.25) is 0 Å². The van der Waals surface area contributed by atoms with Gasteiger partial charge in [-0.05, 0) is 41.5 Å². The van der Waals surface area contributed by atoms with Gasteiger partial charge in [0, 0.05) is 16.6 Å². The first-order chi connectivity index (χ1) is 11.7. The lowest BCUT2D eigenvalue weighted by Crippen LogP contribution is -2.30. The number of hydrogen-bond acceptors (Lipinski definition) is 4. The van der Waals surface area contributed by atoms with Crippen LogP contribution in [0.4, 0.5) is 0 Å². The van der Waals surface area contributed by atoms with Crippen molar-refractivity contribution >= 4 is 21.8 Å². The predicted molar refractivity (Wildman–Crippen MR) is 94.1 cm³/mol. The number of carbonyl (C=O) groups excluding carboxylic acids is 1. The molecule has 1 aromatic heterocycles. The van der Waals surface area contributed by atoms with Gasteiger partial charge in [0.25, 0.3) is 0 Å². The monoisotopic (exact) mass is 385 g/mol. The lowest BCUT2D eigenvalue weighted by atomic mass is 10.1. The third-order valence-electron chi connectivity index (χ3n) is 3.42. The Balaban J connectivity index is 1.51. The molecule has 1 heterocycles. The Morgan fingerprint density at radius 1 is 1.08 bits per heavy atom. The van der Waals surface area contributed by atoms with E-state index in [0.717, 1.165) is 16.5 Å². The van der Waals surface area contributed by atoms with Crippen LogP contribution >= 0.6 is 15.9 Å². The SMILES string of the molecule is O=C(Cn1nnc(-c2ccc(Br)cc2)n1)NCCc1ccccc1. The summed E-state index contributed by atoms with van der Waals surface area (Å²) in [7, 11) is 0. The summed E-state index contributed by atoms with van der Waals surface area (Å²) in [6.45, 7) is 0.634. The molecule has 0 spiro atoms. The topological polar surface area (TPSA) is 72.7 Å². The molecule has 0 aliphatic carbocycles. The molecule has 24 heavy (non-hydrogen) atoms. The largest absolute Gasteiger partial charge is 0.354 e. The van der Waals surface area contributed by atoms with Gasteiger partial charge >= 0.3 is 0 Å². The zero-order chi connectivity index (χ0) is 16.8. The number of benzene rings is 2. The van der Waals surface area contributed by atoms with Crippen molar-refractivity contribution in [2.75, 3.05) is 6.54 Å². The van der Waals surface area contributed by atoms with E-state index in [2.05, 4.69) is 36.7 Å². The number of aromatic nitrogens is 4. The zero-order valence-electron chi connectivity index (χ0n) is 12.9. The van der Waals surface area contributed by atoms with Gasteiger partial charge in [-0.2, -0.15) is 4.80 Å². The van der Waals surface area contributed by atoms with Crippen molar-refractivity contribution in [3.8, 4) is 11.4 Å². The smallest absolute Gasteiger partial charge is 0.243 e. The van der Waals surface area contributed by atoms with Crippen LogP contribution in [0, 0.1) is 0 Å². The molecule has 7 heteroatoms. The Kier molecular flexibility index (Phi) is 5.32. The molecule has 0 aliphatic rings. The highest BCUT2D eigenvalue weighted by Crippen LogP contribution is 2.17. The number of amides is 1. The first-order valence-corrected chi connectivity index (χ1v) is 8.34. The summed E-state index contributed by atoms with van der Waals surface area (Å²) in [5.41, 5.74) is 2.04. The molecule has 3 aromatic rings. The summed E-state index contributed by atoms with van der Waals surface area (Å²) >= 11 is 3.38. The van der Waals surface area contributed by atoms with Gasteiger partial charge in [-0.25, -0.2) is 0 Å². The maximum absolute atomic E-state index is 11.9. The minimum atomic E-state index is -0.134. The average molecular weight is 386 g/mol. The van der Waals surface area contributed by atoms with Crippen LogP contribution in [-0.2, 0) is 17.8 Å². The molecule has 0 radical (unpaired) electrons. The number of hydrogen-bond donors (Lipinski definition) is 1. The van der Waals surface area contributed by atoms with Crippen molar-refractivity contribution in [2.45, 2.75) is 13.0 Å². The van der Waals surface area contributed by atoms with Crippen molar-refractivity contribution in [2.24, 2.45) is 0 Å². The summed E-state index contributed by atoms with van der Waals surface area (Å²) in [5, 5.41) is 15.0. The Hall–Kier alpha value is -2.54. The van der Waals surface area contributed by atoms with Gasteiger partial charge in [0.15, 0.2) is 0 Å². The molecule has 0 bridgehead atoms. The second-order valence-corrected chi connectivity index (χ2v) is 6.15. The number of nitrogens with one attached hydrogen (secondary N) is 1. The van der Waals surface area contributed by atoms with Crippen LogP contribution in [0.3, 0.4) is 0 Å². The number of nitrogens with zero attached hydrogens (tertiary/aromatic N) is 4. The van der Waals surface area contributed by atoms with Crippen LogP contribution in [0.15, 0.2) is 59.1 Å². The molecule has 122 valence electrons. The highest BCUT2D eigenvalue weighted by Gasteiger charge is 2.09. The number of halogens is 1. The van der Waals surface area contributed by atoms with E-state index in [1.54, 1.807) is 0 Å². The summed E-state index contributed by atoms with van der Waals surface area (Å²) in [6.07, 6.45) is 0.793. The van der Waals surface area contributed by atoms with Crippen LogP contribution in [-0.4, -0.2) is 32.7 Å². The van der Waals surface area contributed by atoms with Crippen LogP contribution in [0.1, 0.15) is 5.56 Å². The Morgan fingerprint density at radius 3 is 2.58 bits per heavy atom. The van der Waals surface area contributed by atoms with Gasteiger partial charge < -0.3 is 5.32 Å². The molecular weight excluding hydrogens is 370 g/mol. The third-order valence-corrected chi connectivity index (χ3v) is 3.95. The minimum Gasteiger partial charge on any atom is -0.354 e. The van der Waals surface area contributed by atoms with Crippen molar-refractivity contribution in [3.05, 3.63) is 64.6 Å². The van der Waals surface area contributed by atoms with Crippen LogP contribution in [0.25, 0.3) is 11.4 Å². The maximum Gasteiger partial charge on any atom is 0.243 e. The maximum atomic E-state index is 11.9. The highest BCUT2D eigenvalue weighted by atomic mass is 79.9. The van der Waals surface area contributed by atoms with Crippen LogP contribution in [0.5, 0.6) is 0 Å². The summed E-state index contributed by atoms with van der Waals surface area (Å²) in [5.74, 6) is 0.366. The van der Waals surface area contributed by atoms with Crippen molar-refractivity contribution in [1.82, 2.24) is 25.5 Å². The number of rotatable bonds is 6. The fourth-order valence-electron chi connectivity index (χ4n) is 2.20. The first-order valence-electron chi connectivity index (χ1n) is 7.55. The zero-order valence-corrected chi connectivity index (χ0v) is 14.5. The molecule has 1 amide bonds. The summed E-state index contributed by atoms with van der Waals surface area (Å²) in [6, 6.07) is 17.6. The number of carbonyl (C=O) groups is 1. The van der Waals surface area contributed by atoms with Gasteiger partial charge in [0.1, 0.15) is 6.54 Å². The van der Waals surface area contributed by atoms with E-state index in [9.17, 15) is 4.79 Å². The van der Waals surface area contributed by atoms with E-state index in [4.69, 9.17) is 0 Å². The van der Waals surface area contributed by atoms with E-state index in [-0.39, 0.29) is 12.5 Å². The first kappa shape index (κ1) is 16.3. The average Bonchev–Trinajstić information content (AvgIpc) is 3.05. The van der Waals surface area contributed by atoms with Gasteiger partial charge in [0.2, 0.25) is 11.7 Å². The van der Waals surface area contributed by atoms with Gasteiger partial charge in [-0.15, -0.1) is 10.2 Å². The van der Waals surface area contributed by atoms with Crippen molar-refractivity contribution in [3.63, 3.8) is 0 Å². The normalized spacial score (nSPS) is 10.5. The van der Waals surface area contributed by atoms with Crippen molar-refractivity contribution < 1.29 is 4.79 Å². The number of tetrazole rings is 1. The van der Waals surface area contributed by atoms with Gasteiger partial charge in [-0.3, -0.25) is 4.79 Å². The molecule has 0 atom stereocenters. The highest BCUT2D eigenvalue weighted by molar-refractivity contribution is 9.10. The van der Waals surface area contributed by atoms with E-state index in [1.165, 1.54) is 10.4 Å². The fraction of sp³-hybridized carbons (Fsp3) is 0.176. The molecule has 3 rings (SSSR count). The molecular formula is C17H16BrN5O. The molecule has 0 saturated heterocycles. The summed E-state index contributed by atoms with van der Waals surface area (Å²) in [4.78, 5) is 13.2. The van der Waals surface area contributed by atoms with Crippen LogP contribution < -0.4 is 5.32 Å². The second kappa shape index (κ2) is 7.83. The quantitative estimate of drug-likeness (QED) is 0.707. The molecule has 6 nitrogen and oxygen atoms in total. The third kappa shape index (κ3) is 4.48. The van der Waals surface area contributed by atoms with Gasteiger partial charge in [-0.1, -0.05) is 46.3 Å².